The third kappa shape index (κ3) is 2.95. The Morgan fingerprint density at radius 1 is 1.39 bits per heavy atom. The van der Waals surface area contributed by atoms with Crippen molar-refractivity contribution in [2.24, 2.45) is 5.73 Å². The average Bonchev–Trinajstić information content (AvgIpc) is 2.39. The van der Waals surface area contributed by atoms with Crippen LogP contribution < -0.4 is 16.6 Å². The SMILES string of the molecule is CC(Nc1cc(=O)[nH]cn1)c1ccc(CN)cc1. The van der Waals surface area contributed by atoms with Gasteiger partial charge in [0, 0.05) is 18.7 Å². The Morgan fingerprint density at radius 2 is 2.11 bits per heavy atom. The van der Waals surface area contributed by atoms with Gasteiger partial charge in [0.2, 0.25) is 0 Å². The summed E-state index contributed by atoms with van der Waals surface area (Å²) in [7, 11) is 0. The zero-order chi connectivity index (χ0) is 13.0. The molecule has 0 amide bonds. The lowest BCUT2D eigenvalue weighted by Crippen LogP contribution is -2.12. The van der Waals surface area contributed by atoms with Crippen LogP contribution >= 0.6 is 0 Å². The smallest absolute Gasteiger partial charge is 0.252 e. The molecule has 0 fully saturated rings. The first-order chi connectivity index (χ1) is 8.69. The number of hydrogen-bond donors (Lipinski definition) is 3. The lowest BCUT2D eigenvalue weighted by Gasteiger charge is -2.14. The van der Waals surface area contributed by atoms with Crippen molar-refractivity contribution >= 4 is 5.82 Å². The first-order valence-electron chi connectivity index (χ1n) is 5.79. The summed E-state index contributed by atoms with van der Waals surface area (Å²) in [5.74, 6) is 0.564. The highest BCUT2D eigenvalue weighted by Crippen LogP contribution is 2.17. The van der Waals surface area contributed by atoms with Crippen molar-refractivity contribution < 1.29 is 0 Å². The third-order valence-corrected chi connectivity index (χ3v) is 2.76. The third-order valence-electron chi connectivity index (χ3n) is 2.76. The number of nitrogens with one attached hydrogen (secondary N) is 2. The number of anilines is 1. The van der Waals surface area contributed by atoms with Crippen molar-refractivity contribution in [3.8, 4) is 0 Å². The summed E-state index contributed by atoms with van der Waals surface area (Å²) in [6.07, 6.45) is 1.38. The van der Waals surface area contributed by atoms with Gasteiger partial charge in [-0.1, -0.05) is 24.3 Å². The highest BCUT2D eigenvalue weighted by atomic mass is 16.1. The monoisotopic (exact) mass is 244 g/mol. The van der Waals surface area contributed by atoms with E-state index in [2.05, 4.69) is 15.3 Å². The first kappa shape index (κ1) is 12.3. The summed E-state index contributed by atoms with van der Waals surface area (Å²) in [6.45, 7) is 2.55. The Hall–Kier alpha value is -2.14. The van der Waals surface area contributed by atoms with Gasteiger partial charge < -0.3 is 16.0 Å². The number of nitrogens with two attached hydrogens (primary N) is 1. The van der Waals surface area contributed by atoms with Crippen molar-refractivity contribution in [3.05, 3.63) is 58.1 Å². The molecule has 2 rings (SSSR count). The summed E-state index contributed by atoms with van der Waals surface area (Å²) >= 11 is 0. The van der Waals surface area contributed by atoms with E-state index in [4.69, 9.17) is 5.73 Å². The number of rotatable bonds is 4. The molecule has 0 bridgehead atoms. The molecule has 1 aromatic heterocycles. The normalized spacial score (nSPS) is 12.1. The van der Waals surface area contributed by atoms with Crippen LogP contribution in [0.1, 0.15) is 24.1 Å². The summed E-state index contributed by atoms with van der Waals surface area (Å²) in [5.41, 5.74) is 7.60. The quantitative estimate of drug-likeness (QED) is 0.759. The number of aromatic nitrogens is 2. The van der Waals surface area contributed by atoms with Gasteiger partial charge in [-0.3, -0.25) is 4.79 Å². The van der Waals surface area contributed by atoms with E-state index in [1.165, 1.54) is 12.4 Å². The Morgan fingerprint density at radius 3 is 2.72 bits per heavy atom. The van der Waals surface area contributed by atoms with Gasteiger partial charge in [-0.25, -0.2) is 4.98 Å². The molecule has 1 aromatic carbocycles. The van der Waals surface area contributed by atoms with E-state index < -0.39 is 0 Å². The predicted octanol–water partition coefficient (Wildman–Crippen LogP) is 1.40. The molecule has 2 aromatic rings. The molecule has 0 saturated heterocycles. The molecule has 4 N–H and O–H groups in total. The van der Waals surface area contributed by atoms with Gasteiger partial charge in [0.05, 0.1) is 6.33 Å². The van der Waals surface area contributed by atoms with Gasteiger partial charge in [-0.05, 0) is 18.1 Å². The maximum atomic E-state index is 11.1. The van der Waals surface area contributed by atoms with Crippen LogP contribution in [0, 0.1) is 0 Å². The second-order valence-electron chi connectivity index (χ2n) is 4.11. The fourth-order valence-electron chi connectivity index (χ4n) is 1.70. The van der Waals surface area contributed by atoms with Gasteiger partial charge in [0.25, 0.3) is 5.56 Å². The number of H-pyrrole nitrogens is 1. The van der Waals surface area contributed by atoms with E-state index in [9.17, 15) is 4.79 Å². The Labute approximate surface area is 105 Å². The van der Waals surface area contributed by atoms with Crippen LogP contribution in [0.3, 0.4) is 0 Å². The maximum Gasteiger partial charge on any atom is 0.252 e. The van der Waals surface area contributed by atoms with E-state index in [1.54, 1.807) is 0 Å². The van der Waals surface area contributed by atoms with Crippen LogP contribution in [0.4, 0.5) is 5.82 Å². The topological polar surface area (TPSA) is 83.8 Å². The summed E-state index contributed by atoms with van der Waals surface area (Å²) in [4.78, 5) is 17.7. The number of hydrogen-bond acceptors (Lipinski definition) is 4. The van der Waals surface area contributed by atoms with Gasteiger partial charge in [0.1, 0.15) is 5.82 Å². The minimum atomic E-state index is -0.168. The minimum Gasteiger partial charge on any atom is -0.363 e. The van der Waals surface area contributed by atoms with Crippen molar-refractivity contribution in [1.29, 1.82) is 0 Å². The van der Waals surface area contributed by atoms with Crippen LogP contribution in [0.25, 0.3) is 0 Å². The van der Waals surface area contributed by atoms with Crippen LogP contribution in [-0.2, 0) is 6.54 Å². The molecule has 1 heterocycles. The fraction of sp³-hybridized carbons (Fsp3) is 0.231. The van der Waals surface area contributed by atoms with Gasteiger partial charge in [0.15, 0.2) is 0 Å². The lowest BCUT2D eigenvalue weighted by molar-refractivity contribution is 0.868. The molecule has 5 nitrogen and oxygen atoms in total. The molecule has 5 heteroatoms. The van der Waals surface area contributed by atoms with E-state index in [0.717, 1.165) is 11.1 Å². The van der Waals surface area contributed by atoms with Crippen LogP contribution in [0.15, 0.2) is 41.5 Å². The molecular formula is C13H16N4O. The molecule has 0 spiro atoms. The van der Waals surface area contributed by atoms with Crippen molar-refractivity contribution in [3.63, 3.8) is 0 Å². The van der Waals surface area contributed by atoms with E-state index >= 15 is 0 Å². The first-order valence-corrected chi connectivity index (χ1v) is 5.79. The molecule has 0 aliphatic heterocycles. The predicted molar refractivity (Wildman–Crippen MR) is 71.2 cm³/mol. The van der Waals surface area contributed by atoms with E-state index in [-0.39, 0.29) is 11.6 Å². The standard InChI is InChI=1S/C13H16N4O/c1-9(11-4-2-10(7-14)3-5-11)17-12-6-13(18)16-8-15-12/h2-6,8-9H,7,14H2,1H3,(H2,15,16,17,18). The Balaban J connectivity index is 2.11. The highest BCUT2D eigenvalue weighted by Gasteiger charge is 2.06. The number of aromatic amines is 1. The van der Waals surface area contributed by atoms with Crippen LogP contribution in [0.5, 0.6) is 0 Å². The molecular weight excluding hydrogens is 228 g/mol. The largest absolute Gasteiger partial charge is 0.363 e. The summed E-state index contributed by atoms with van der Waals surface area (Å²) < 4.78 is 0. The average molecular weight is 244 g/mol. The zero-order valence-electron chi connectivity index (χ0n) is 10.2. The van der Waals surface area contributed by atoms with Gasteiger partial charge >= 0.3 is 0 Å². The number of nitrogens with zero attached hydrogens (tertiary/aromatic N) is 1. The zero-order valence-corrected chi connectivity index (χ0v) is 10.2. The molecule has 1 unspecified atom stereocenters. The molecule has 0 radical (unpaired) electrons. The molecule has 0 aliphatic rings. The second-order valence-corrected chi connectivity index (χ2v) is 4.11. The van der Waals surface area contributed by atoms with Crippen molar-refractivity contribution in [1.82, 2.24) is 9.97 Å². The molecule has 18 heavy (non-hydrogen) atoms. The maximum absolute atomic E-state index is 11.1. The van der Waals surface area contributed by atoms with Crippen LogP contribution in [-0.4, -0.2) is 9.97 Å². The lowest BCUT2D eigenvalue weighted by atomic mass is 10.1. The molecule has 0 aliphatic carbocycles. The molecule has 1 atom stereocenters. The number of benzene rings is 1. The fourth-order valence-corrected chi connectivity index (χ4v) is 1.70. The van der Waals surface area contributed by atoms with Gasteiger partial charge in [-0.2, -0.15) is 0 Å². The molecule has 94 valence electrons. The Bertz CT molecular complexity index is 562. The van der Waals surface area contributed by atoms with Crippen LogP contribution in [0.2, 0.25) is 0 Å². The molecule has 0 saturated carbocycles. The van der Waals surface area contributed by atoms with Crippen molar-refractivity contribution in [2.75, 3.05) is 5.32 Å². The summed E-state index contributed by atoms with van der Waals surface area (Å²) in [5, 5.41) is 3.17. The van der Waals surface area contributed by atoms with Crippen molar-refractivity contribution in [2.45, 2.75) is 19.5 Å². The van der Waals surface area contributed by atoms with E-state index in [1.807, 2.05) is 31.2 Å². The Kier molecular flexibility index (Phi) is 3.74. The van der Waals surface area contributed by atoms with E-state index in [0.29, 0.717) is 12.4 Å². The minimum absolute atomic E-state index is 0.0751. The second kappa shape index (κ2) is 5.46. The van der Waals surface area contributed by atoms with Gasteiger partial charge in [-0.15, -0.1) is 0 Å². The highest BCUT2D eigenvalue weighted by molar-refractivity contribution is 5.37. The summed E-state index contributed by atoms with van der Waals surface area (Å²) in [6, 6.07) is 9.55.